The minimum absolute atomic E-state index is 0.0953. The Morgan fingerprint density at radius 1 is 0.636 bits per heavy atom. The maximum atomic E-state index is 7.26. The van der Waals surface area contributed by atoms with Gasteiger partial charge in [-0.25, -0.2) is 0 Å². The SMILES string of the molecule is C=C[C@H](/C=C(\Cl)CCO[Si](c1ccccc1)(c1ccccc1)C(C)(C)C)O[Si](c1ccccc1)(c1ccccc1)C(C)(C)C. The van der Waals surface area contributed by atoms with Crippen molar-refractivity contribution in [2.75, 3.05) is 6.61 Å². The van der Waals surface area contributed by atoms with Crippen molar-refractivity contribution in [2.45, 2.75) is 64.1 Å². The maximum Gasteiger partial charge on any atom is 0.262 e. The summed E-state index contributed by atoms with van der Waals surface area (Å²) in [4.78, 5) is 0. The average molecular weight is 639 g/mol. The minimum atomic E-state index is -2.77. The van der Waals surface area contributed by atoms with E-state index in [1.54, 1.807) is 0 Å². The molecule has 0 radical (unpaired) electrons. The molecule has 230 valence electrons. The van der Waals surface area contributed by atoms with E-state index in [1.807, 2.05) is 12.2 Å². The van der Waals surface area contributed by atoms with E-state index in [9.17, 15) is 0 Å². The summed E-state index contributed by atoms with van der Waals surface area (Å²) in [5, 5.41) is 5.45. The van der Waals surface area contributed by atoms with Crippen molar-refractivity contribution in [3.63, 3.8) is 0 Å². The molecule has 0 amide bonds. The van der Waals surface area contributed by atoms with Crippen LogP contribution in [-0.2, 0) is 8.85 Å². The van der Waals surface area contributed by atoms with Gasteiger partial charge in [-0.2, -0.15) is 0 Å². The Hall–Kier alpha value is -3.00. The van der Waals surface area contributed by atoms with Crippen molar-refractivity contribution < 1.29 is 8.85 Å². The second-order valence-electron chi connectivity index (χ2n) is 13.4. The summed E-state index contributed by atoms with van der Waals surface area (Å²) in [7, 11) is -5.42. The highest BCUT2D eigenvalue weighted by molar-refractivity contribution is 7.00. The van der Waals surface area contributed by atoms with Crippen LogP contribution in [0.2, 0.25) is 10.1 Å². The van der Waals surface area contributed by atoms with Crippen molar-refractivity contribution in [1.82, 2.24) is 0 Å². The molecule has 1 atom stereocenters. The molecule has 4 rings (SSSR count). The molecule has 0 bridgehead atoms. The Morgan fingerprint density at radius 3 is 1.30 bits per heavy atom. The van der Waals surface area contributed by atoms with Gasteiger partial charge in [-0.3, -0.25) is 0 Å². The highest BCUT2D eigenvalue weighted by Gasteiger charge is 2.51. The largest absolute Gasteiger partial charge is 0.407 e. The van der Waals surface area contributed by atoms with Gasteiger partial charge in [-0.15, -0.1) is 6.58 Å². The molecule has 0 saturated heterocycles. The first kappa shape index (κ1) is 33.9. The second-order valence-corrected chi connectivity index (χ2v) is 22.4. The smallest absolute Gasteiger partial charge is 0.262 e. The number of hydrogen-bond donors (Lipinski definition) is 0. The maximum absolute atomic E-state index is 7.26. The first-order valence-corrected chi connectivity index (χ1v) is 19.7. The number of benzene rings is 4. The van der Waals surface area contributed by atoms with Crippen molar-refractivity contribution in [3.8, 4) is 0 Å². The molecular weight excluding hydrogens is 592 g/mol. The molecule has 4 aromatic rings. The standard InChI is InChI=1S/C39H47ClO2Si2/c1-8-33(42-44(39(5,6)7,36-25-17-11-18-26-36)37-27-19-12-20-28-37)31-32(40)29-30-41-43(38(2,3)4,34-21-13-9-14-22-34)35-23-15-10-16-24-35/h8-28,31,33H,1,29-30H2,2-7H3/b32-31-/t33-/m1/s1. The summed E-state index contributed by atoms with van der Waals surface area (Å²) in [6.45, 7) is 18.4. The van der Waals surface area contributed by atoms with Crippen LogP contribution in [0.3, 0.4) is 0 Å². The molecule has 0 aromatic heterocycles. The van der Waals surface area contributed by atoms with E-state index in [2.05, 4.69) is 169 Å². The Balaban J connectivity index is 1.65. The van der Waals surface area contributed by atoms with Gasteiger partial charge in [0.15, 0.2) is 0 Å². The Bertz CT molecular complexity index is 1410. The highest BCUT2D eigenvalue weighted by Crippen LogP contribution is 2.39. The molecule has 0 saturated carbocycles. The van der Waals surface area contributed by atoms with Crippen LogP contribution in [0.1, 0.15) is 48.0 Å². The van der Waals surface area contributed by atoms with Crippen molar-refractivity contribution in [3.05, 3.63) is 145 Å². The van der Waals surface area contributed by atoms with Gasteiger partial charge in [0.25, 0.3) is 16.6 Å². The van der Waals surface area contributed by atoms with E-state index in [-0.39, 0.29) is 16.2 Å². The normalized spacial score (nSPS) is 13.8. The summed E-state index contributed by atoms with van der Waals surface area (Å²) in [5.74, 6) is 0. The molecule has 0 aliphatic rings. The lowest BCUT2D eigenvalue weighted by Crippen LogP contribution is -2.67. The third kappa shape index (κ3) is 7.11. The lowest BCUT2D eigenvalue weighted by molar-refractivity contribution is 0.275. The lowest BCUT2D eigenvalue weighted by Gasteiger charge is -2.44. The van der Waals surface area contributed by atoms with Crippen LogP contribution >= 0.6 is 11.6 Å². The quantitative estimate of drug-likeness (QED) is 0.115. The Morgan fingerprint density at radius 2 is 0.977 bits per heavy atom. The lowest BCUT2D eigenvalue weighted by atomic mass is 10.2. The predicted molar refractivity (Wildman–Crippen MR) is 195 cm³/mol. The fraction of sp³-hybridized carbons (Fsp3) is 0.282. The van der Waals surface area contributed by atoms with E-state index in [0.29, 0.717) is 18.1 Å². The van der Waals surface area contributed by atoms with E-state index >= 15 is 0 Å². The van der Waals surface area contributed by atoms with Gasteiger partial charge < -0.3 is 8.85 Å². The minimum Gasteiger partial charge on any atom is -0.407 e. The van der Waals surface area contributed by atoms with Crippen molar-refractivity contribution in [1.29, 1.82) is 0 Å². The van der Waals surface area contributed by atoms with Crippen LogP contribution in [0.4, 0.5) is 0 Å². The molecule has 0 spiro atoms. The number of hydrogen-bond acceptors (Lipinski definition) is 2. The molecule has 4 aromatic carbocycles. The highest BCUT2D eigenvalue weighted by atomic mass is 35.5. The molecule has 0 N–H and O–H groups in total. The van der Waals surface area contributed by atoms with Gasteiger partial charge in [0, 0.05) is 18.1 Å². The number of rotatable bonds is 12. The monoisotopic (exact) mass is 638 g/mol. The Kier molecular flexibility index (Phi) is 11.1. The molecular formula is C39H47ClO2Si2. The summed E-state index contributed by atoms with van der Waals surface area (Å²) >= 11 is 7.01. The zero-order valence-electron chi connectivity index (χ0n) is 27.1. The van der Waals surface area contributed by atoms with Gasteiger partial charge in [0.2, 0.25) is 0 Å². The van der Waals surface area contributed by atoms with Gasteiger partial charge >= 0.3 is 0 Å². The Labute approximate surface area is 272 Å². The first-order valence-electron chi connectivity index (χ1n) is 15.5. The van der Waals surface area contributed by atoms with Gasteiger partial charge in [-0.1, -0.05) is 181 Å². The van der Waals surface area contributed by atoms with Crippen LogP contribution in [0.15, 0.2) is 145 Å². The van der Waals surface area contributed by atoms with Crippen molar-refractivity contribution >= 4 is 49.0 Å². The van der Waals surface area contributed by atoms with Crippen LogP contribution < -0.4 is 20.7 Å². The number of halogens is 1. The van der Waals surface area contributed by atoms with Crippen molar-refractivity contribution in [2.24, 2.45) is 0 Å². The summed E-state index contributed by atoms with van der Waals surface area (Å²) in [6, 6.07) is 42.8. The van der Waals surface area contributed by atoms with E-state index < -0.39 is 16.6 Å². The molecule has 44 heavy (non-hydrogen) atoms. The third-order valence-electron chi connectivity index (χ3n) is 8.38. The molecule has 0 aliphatic heterocycles. The molecule has 0 unspecified atom stereocenters. The van der Waals surface area contributed by atoms with E-state index in [4.69, 9.17) is 20.5 Å². The fourth-order valence-corrected chi connectivity index (χ4v) is 15.7. The first-order chi connectivity index (χ1) is 21.0. The van der Waals surface area contributed by atoms with Gasteiger partial charge in [0.05, 0.1) is 6.10 Å². The molecule has 0 heterocycles. The summed E-state index contributed by atoms with van der Waals surface area (Å²) in [6.07, 6.45) is 4.11. The second kappa shape index (κ2) is 14.4. The van der Waals surface area contributed by atoms with Crippen LogP contribution in [0.5, 0.6) is 0 Å². The zero-order valence-corrected chi connectivity index (χ0v) is 29.9. The van der Waals surface area contributed by atoms with E-state index in [0.717, 1.165) is 0 Å². The van der Waals surface area contributed by atoms with Crippen LogP contribution in [0.25, 0.3) is 0 Å². The van der Waals surface area contributed by atoms with Crippen LogP contribution in [-0.4, -0.2) is 29.3 Å². The van der Waals surface area contributed by atoms with Gasteiger partial charge in [0.1, 0.15) is 0 Å². The third-order valence-corrected chi connectivity index (χ3v) is 18.8. The molecule has 5 heteroatoms. The topological polar surface area (TPSA) is 18.5 Å². The van der Waals surface area contributed by atoms with Gasteiger partial charge in [-0.05, 0) is 36.9 Å². The zero-order chi connectivity index (χ0) is 31.8. The van der Waals surface area contributed by atoms with Crippen LogP contribution in [0, 0.1) is 0 Å². The van der Waals surface area contributed by atoms with E-state index in [1.165, 1.54) is 20.7 Å². The fourth-order valence-electron chi connectivity index (χ4n) is 6.37. The average Bonchev–Trinajstić information content (AvgIpc) is 3.02. The predicted octanol–water partition coefficient (Wildman–Crippen LogP) is 8.21. The summed E-state index contributed by atoms with van der Waals surface area (Å²) in [5.41, 5.74) is 0. The molecule has 2 nitrogen and oxygen atoms in total. The molecule has 0 aliphatic carbocycles. The summed E-state index contributed by atoms with van der Waals surface area (Å²) < 4.78 is 14.4. The molecule has 0 fully saturated rings.